The molecule has 124 valence electrons. The van der Waals surface area contributed by atoms with Crippen molar-refractivity contribution < 1.29 is 22.7 Å². The van der Waals surface area contributed by atoms with E-state index >= 15 is 0 Å². The lowest BCUT2D eigenvalue weighted by atomic mass is 10.1. The van der Waals surface area contributed by atoms with Gasteiger partial charge in [-0.25, -0.2) is 4.98 Å². The molecule has 3 rings (SSSR count). The normalized spacial score (nSPS) is 11.5. The third-order valence-electron chi connectivity index (χ3n) is 3.27. The summed E-state index contributed by atoms with van der Waals surface area (Å²) in [5.41, 5.74) is 1.90. The van der Waals surface area contributed by atoms with Crippen molar-refractivity contribution in [1.82, 2.24) is 15.3 Å². The average molecular weight is 335 g/mol. The number of rotatable bonds is 4. The number of halogens is 3. The lowest BCUT2D eigenvalue weighted by molar-refractivity contribution is -0.274. The summed E-state index contributed by atoms with van der Waals surface area (Å²) in [5, 5.41) is 3.69. The van der Waals surface area contributed by atoms with Crippen LogP contribution in [0.5, 0.6) is 5.75 Å². The van der Waals surface area contributed by atoms with Crippen LogP contribution in [0.1, 0.15) is 16.1 Å². The second-order valence-corrected chi connectivity index (χ2v) is 5.01. The van der Waals surface area contributed by atoms with E-state index in [-0.39, 0.29) is 12.2 Å². The smallest absolute Gasteiger partial charge is 0.404 e. The number of carbonyl (C=O) groups excluding carboxylic acids is 1. The largest absolute Gasteiger partial charge is 0.573 e. The van der Waals surface area contributed by atoms with Gasteiger partial charge in [0.15, 0.2) is 0 Å². The second-order valence-electron chi connectivity index (χ2n) is 5.01. The van der Waals surface area contributed by atoms with Crippen LogP contribution in [0.25, 0.3) is 10.9 Å². The van der Waals surface area contributed by atoms with Gasteiger partial charge in [0.05, 0.1) is 6.20 Å². The molecule has 2 N–H and O–H groups in total. The molecule has 2 aromatic heterocycles. The maximum atomic E-state index is 12.1. The number of benzene rings is 1. The Morgan fingerprint density at radius 2 is 2.04 bits per heavy atom. The lowest BCUT2D eigenvalue weighted by Gasteiger charge is -2.09. The third-order valence-corrected chi connectivity index (χ3v) is 3.27. The Hall–Kier alpha value is -3.03. The Kier molecular flexibility index (Phi) is 4.11. The fraction of sp³-hybridized carbons (Fsp3) is 0.125. The number of alkyl halides is 3. The number of aromatic amines is 1. The Morgan fingerprint density at radius 1 is 1.21 bits per heavy atom. The number of H-pyrrole nitrogens is 1. The molecule has 0 unspecified atom stereocenters. The summed E-state index contributed by atoms with van der Waals surface area (Å²) in [5.74, 6) is -0.959. The van der Waals surface area contributed by atoms with Gasteiger partial charge in [-0.2, -0.15) is 0 Å². The van der Waals surface area contributed by atoms with Gasteiger partial charge in [-0.1, -0.05) is 6.07 Å². The number of hydrogen-bond acceptors (Lipinski definition) is 3. The highest BCUT2D eigenvalue weighted by Gasteiger charge is 2.31. The zero-order chi connectivity index (χ0) is 17.2. The van der Waals surface area contributed by atoms with Gasteiger partial charge in [0.25, 0.3) is 5.91 Å². The van der Waals surface area contributed by atoms with Crippen molar-refractivity contribution >= 4 is 16.8 Å². The SMILES string of the molecule is O=C(NCc1ccc2[nH]ccc2c1)c1ccc(OC(F)(F)F)cn1. The van der Waals surface area contributed by atoms with Crippen molar-refractivity contribution in [3.8, 4) is 5.75 Å². The summed E-state index contributed by atoms with van der Waals surface area (Å²) < 4.78 is 39.9. The van der Waals surface area contributed by atoms with E-state index in [4.69, 9.17) is 0 Å². The Morgan fingerprint density at radius 3 is 2.75 bits per heavy atom. The molecule has 0 aliphatic rings. The highest BCUT2D eigenvalue weighted by atomic mass is 19.4. The molecule has 0 aliphatic carbocycles. The van der Waals surface area contributed by atoms with Gasteiger partial charge in [-0.3, -0.25) is 4.79 Å². The van der Waals surface area contributed by atoms with Crippen LogP contribution in [0, 0.1) is 0 Å². The van der Waals surface area contributed by atoms with Crippen molar-refractivity contribution in [2.75, 3.05) is 0 Å². The predicted octanol–water partition coefficient (Wildman–Crippen LogP) is 3.39. The summed E-state index contributed by atoms with van der Waals surface area (Å²) in [6, 6.07) is 9.83. The Labute approximate surface area is 134 Å². The standard InChI is InChI=1S/C16H12F3N3O2/c17-16(18,19)24-12-2-4-14(21-9-12)15(23)22-8-10-1-3-13-11(7-10)5-6-20-13/h1-7,9,20H,8H2,(H,22,23). The van der Waals surface area contributed by atoms with Crippen molar-refractivity contribution in [2.24, 2.45) is 0 Å². The number of aromatic nitrogens is 2. The molecule has 8 heteroatoms. The van der Waals surface area contributed by atoms with Gasteiger partial charge in [-0.05, 0) is 41.3 Å². The molecular weight excluding hydrogens is 323 g/mol. The minimum atomic E-state index is -4.79. The average Bonchev–Trinajstić information content (AvgIpc) is 2.99. The van der Waals surface area contributed by atoms with Crippen LogP contribution < -0.4 is 10.1 Å². The second kappa shape index (κ2) is 6.23. The molecule has 0 radical (unpaired) electrons. The van der Waals surface area contributed by atoms with Gasteiger partial charge in [-0.15, -0.1) is 13.2 Å². The molecule has 24 heavy (non-hydrogen) atoms. The highest BCUT2D eigenvalue weighted by molar-refractivity contribution is 5.92. The zero-order valence-electron chi connectivity index (χ0n) is 12.2. The topological polar surface area (TPSA) is 67.0 Å². The number of pyridine rings is 1. The maximum absolute atomic E-state index is 12.1. The number of hydrogen-bond donors (Lipinski definition) is 2. The molecule has 0 atom stereocenters. The van der Waals surface area contributed by atoms with E-state index in [1.165, 1.54) is 6.07 Å². The Bertz CT molecular complexity index is 857. The molecule has 0 saturated carbocycles. The first-order chi connectivity index (χ1) is 11.4. The van der Waals surface area contributed by atoms with Gasteiger partial charge in [0.2, 0.25) is 0 Å². The minimum Gasteiger partial charge on any atom is -0.404 e. The molecule has 2 heterocycles. The quantitative estimate of drug-likeness (QED) is 0.768. The van der Waals surface area contributed by atoms with E-state index in [0.717, 1.165) is 28.7 Å². The van der Waals surface area contributed by atoms with E-state index < -0.39 is 18.0 Å². The Balaban J connectivity index is 1.62. The van der Waals surface area contributed by atoms with Crippen LogP contribution in [0.3, 0.4) is 0 Å². The van der Waals surface area contributed by atoms with Crippen LogP contribution in [-0.2, 0) is 6.54 Å². The molecule has 0 aliphatic heterocycles. The fourth-order valence-electron chi connectivity index (χ4n) is 2.19. The number of fused-ring (bicyclic) bond motifs is 1. The summed E-state index contributed by atoms with van der Waals surface area (Å²) >= 11 is 0. The van der Waals surface area contributed by atoms with Crippen molar-refractivity contribution in [1.29, 1.82) is 0 Å². The lowest BCUT2D eigenvalue weighted by Crippen LogP contribution is -2.24. The van der Waals surface area contributed by atoms with E-state index in [1.807, 2.05) is 30.5 Å². The molecule has 1 aromatic carbocycles. The first-order valence-electron chi connectivity index (χ1n) is 6.97. The first-order valence-corrected chi connectivity index (χ1v) is 6.97. The molecule has 0 fully saturated rings. The summed E-state index contributed by atoms with van der Waals surface area (Å²) in [7, 11) is 0. The number of carbonyl (C=O) groups is 1. The van der Waals surface area contributed by atoms with Crippen molar-refractivity contribution in [2.45, 2.75) is 12.9 Å². The third kappa shape index (κ3) is 3.83. The van der Waals surface area contributed by atoms with E-state index in [0.29, 0.717) is 0 Å². The molecule has 0 spiro atoms. The molecule has 0 bridgehead atoms. The summed E-state index contributed by atoms with van der Waals surface area (Å²) in [6.45, 7) is 0.280. The highest BCUT2D eigenvalue weighted by Crippen LogP contribution is 2.21. The molecule has 3 aromatic rings. The van der Waals surface area contributed by atoms with E-state index in [9.17, 15) is 18.0 Å². The monoisotopic (exact) mass is 335 g/mol. The number of nitrogens with one attached hydrogen (secondary N) is 2. The summed E-state index contributed by atoms with van der Waals surface area (Å²) in [4.78, 5) is 18.7. The fourth-order valence-corrected chi connectivity index (χ4v) is 2.19. The molecule has 5 nitrogen and oxygen atoms in total. The number of amides is 1. The van der Waals surface area contributed by atoms with Crippen molar-refractivity contribution in [3.63, 3.8) is 0 Å². The predicted molar refractivity (Wildman–Crippen MR) is 80.4 cm³/mol. The molecular formula is C16H12F3N3O2. The van der Waals surface area contributed by atoms with Crippen LogP contribution in [-0.4, -0.2) is 22.2 Å². The van der Waals surface area contributed by atoms with Crippen LogP contribution in [0.4, 0.5) is 13.2 Å². The van der Waals surface area contributed by atoms with Gasteiger partial charge < -0.3 is 15.0 Å². The van der Waals surface area contributed by atoms with E-state index in [1.54, 1.807) is 0 Å². The molecule has 0 saturated heterocycles. The summed E-state index contributed by atoms with van der Waals surface area (Å²) in [6.07, 6.45) is -2.11. The van der Waals surface area contributed by atoms with Gasteiger partial charge in [0, 0.05) is 18.3 Å². The van der Waals surface area contributed by atoms with Crippen LogP contribution >= 0.6 is 0 Å². The minimum absolute atomic E-state index is 0.00671. The first kappa shape index (κ1) is 15.9. The van der Waals surface area contributed by atoms with Gasteiger partial charge in [0.1, 0.15) is 11.4 Å². The van der Waals surface area contributed by atoms with Crippen LogP contribution in [0.2, 0.25) is 0 Å². The zero-order valence-corrected chi connectivity index (χ0v) is 12.2. The van der Waals surface area contributed by atoms with Crippen molar-refractivity contribution in [3.05, 3.63) is 60.0 Å². The number of ether oxygens (including phenoxy) is 1. The molecule has 1 amide bonds. The van der Waals surface area contributed by atoms with Crippen LogP contribution in [0.15, 0.2) is 48.8 Å². The maximum Gasteiger partial charge on any atom is 0.573 e. The van der Waals surface area contributed by atoms with E-state index in [2.05, 4.69) is 20.0 Å². The number of nitrogens with zero attached hydrogens (tertiary/aromatic N) is 1. The van der Waals surface area contributed by atoms with Gasteiger partial charge >= 0.3 is 6.36 Å².